The van der Waals surface area contributed by atoms with Crippen LogP contribution < -0.4 is 9.46 Å². The molecule has 1 N–H and O–H groups in total. The number of hydrogen-bond acceptors (Lipinski definition) is 5. The summed E-state index contributed by atoms with van der Waals surface area (Å²) in [6.45, 7) is 0. The molecule has 2 rings (SSSR count). The fourth-order valence-corrected chi connectivity index (χ4v) is 2.20. The van der Waals surface area contributed by atoms with Gasteiger partial charge in [-0.15, -0.1) is 0 Å². The Morgan fingerprint density at radius 2 is 2.23 bits per heavy atom. The maximum absolute atomic E-state index is 13.3. The largest absolute Gasteiger partial charge is 0.496 e. The molecule has 0 saturated heterocycles. The molecule has 0 aliphatic heterocycles. The maximum atomic E-state index is 13.3. The Labute approximate surface area is 131 Å². The van der Waals surface area contributed by atoms with Crippen LogP contribution in [0.4, 0.5) is 4.39 Å². The van der Waals surface area contributed by atoms with E-state index in [0.29, 0.717) is 22.4 Å². The van der Waals surface area contributed by atoms with Crippen LogP contribution in [-0.4, -0.2) is 24.3 Å². The second kappa shape index (κ2) is 6.91. The van der Waals surface area contributed by atoms with Crippen molar-refractivity contribution in [1.82, 2.24) is 9.71 Å². The lowest BCUT2D eigenvalue weighted by molar-refractivity contribution is 0.0984. The topological polar surface area (TPSA) is 75.0 Å². The number of carbonyl (C=O) groups excluding carboxylic acids is 1. The van der Waals surface area contributed by atoms with Gasteiger partial charge in [-0.2, -0.15) is 9.65 Å². The van der Waals surface area contributed by atoms with Crippen LogP contribution in [-0.2, 0) is 0 Å². The summed E-state index contributed by atoms with van der Waals surface area (Å²) in [6, 6.07) is 8.01. The minimum absolute atomic E-state index is 0.149. The molecule has 0 saturated carbocycles. The van der Waals surface area contributed by atoms with E-state index in [1.807, 2.05) is 0 Å². The summed E-state index contributed by atoms with van der Waals surface area (Å²) < 4.78 is 21.2. The molecule has 0 atom stereocenters. The molecule has 1 aromatic heterocycles. The van der Waals surface area contributed by atoms with Crippen LogP contribution in [0.5, 0.6) is 5.75 Å². The smallest absolute Gasteiger partial charge is 0.261 e. The van der Waals surface area contributed by atoms with Gasteiger partial charge in [0.25, 0.3) is 5.91 Å². The van der Waals surface area contributed by atoms with E-state index >= 15 is 0 Å². The maximum Gasteiger partial charge on any atom is 0.261 e. The molecule has 0 radical (unpaired) electrons. The number of halogens is 1. The van der Waals surface area contributed by atoms with Gasteiger partial charge in [-0.25, -0.2) is 4.98 Å². The first kappa shape index (κ1) is 15.8. The standard InChI is InChI=1S/C15H12FN3O2S/c1-21-13-6-9(15(20)19-22-2)3-4-12(13)11-5-10(7-17)14(16)18-8-11/h3-6,8H,1-2H3,(H,19,20). The number of ether oxygens (including phenoxy) is 1. The van der Waals surface area contributed by atoms with Gasteiger partial charge in [-0.1, -0.05) is 11.9 Å². The van der Waals surface area contributed by atoms with E-state index < -0.39 is 5.95 Å². The highest BCUT2D eigenvalue weighted by Gasteiger charge is 2.13. The first-order chi connectivity index (χ1) is 10.6. The van der Waals surface area contributed by atoms with E-state index in [1.165, 1.54) is 31.3 Å². The number of rotatable bonds is 4. The number of aromatic nitrogens is 1. The Balaban J connectivity index is 2.48. The van der Waals surface area contributed by atoms with Crippen molar-refractivity contribution in [3.05, 3.63) is 47.5 Å². The fraction of sp³-hybridized carbons (Fsp3) is 0.133. The summed E-state index contributed by atoms with van der Waals surface area (Å²) >= 11 is 1.20. The zero-order valence-electron chi connectivity index (χ0n) is 11.9. The van der Waals surface area contributed by atoms with Crippen molar-refractivity contribution in [3.8, 4) is 22.9 Å². The molecule has 0 bridgehead atoms. The van der Waals surface area contributed by atoms with Gasteiger partial charge in [-0.05, 0) is 24.3 Å². The van der Waals surface area contributed by atoms with Crippen LogP contribution in [0, 0.1) is 17.3 Å². The highest BCUT2D eigenvalue weighted by molar-refractivity contribution is 7.97. The first-order valence-corrected chi connectivity index (χ1v) is 7.40. The van der Waals surface area contributed by atoms with Crippen molar-refractivity contribution in [2.45, 2.75) is 0 Å². The molecule has 22 heavy (non-hydrogen) atoms. The highest BCUT2D eigenvalue weighted by Crippen LogP contribution is 2.31. The van der Waals surface area contributed by atoms with Gasteiger partial charge in [0, 0.05) is 29.1 Å². The molecule has 0 fully saturated rings. The molecule has 1 amide bonds. The molecule has 1 aromatic carbocycles. The molecule has 0 unspecified atom stereocenters. The van der Waals surface area contributed by atoms with Gasteiger partial charge in [0.15, 0.2) is 0 Å². The molecular formula is C15H12FN3O2S. The van der Waals surface area contributed by atoms with Crippen molar-refractivity contribution in [3.63, 3.8) is 0 Å². The number of nitriles is 1. The second-order valence-electron chi connectivity index (χ2n) is 4.22. The number of carbonyl (C=O) groups is 1. The van der Waals surface area contributed by atoms with Gasteiger partial charge < -0.3 is 4.74 Å². The molecule has 2 aromatic rings. The lowest BCUT2D eigenvalue weighted by Gasteiger charge is -2.11. The molecular weight excluding hydrogens is 305 g/mol. The number of nitrogens with zero attached hydrogens (tertiary/aromatic N) is 2. The molecule has 0 aliphatic rings. The SMILES string of the molecule is COc1cc(C(=O)NSC)ccc1-c1cnc(F)c(C#N)c1. The number of methoxy groups -OCH3 is 1. The van der Waals surface area contributed by atoms with Crippen LogP contribution in [0.2, 0.25) is 0 Å². The Kier molecular flexibility index (Phi) is 4.96. The van der Waals surface area contributed by atoms with E-state index in [1.54, 1.807) is 30.5 Å². The van der Waals surface area contributed by atoms with Crippen molar-refractivity contribution >= 4 is 17.9 Å². The Bertz CT molecular complexity index is 759. The fourth-order valence-electron chi connectivity index (χ4n) is 1.90. The summed E-state index contributed by atoms with van der Waals surface area (Å²) in [7, 11) is 1.47. The van der Waals surface area contributed by atoms with Crippen LogP contribution in [0.25, 0.3) is 11.1 Å². The Morgan fingerprint density at radius 1 is 1.45 bits per heavy atom. The third-order valence-electron chi connectivity index (χ3n) is 2.93. The summed E-state index contributed by atoms with van der Waals surface area (Å²) in [5.74, 6) is -0.625. The van der Waals surface area contributed by atoms with E-state index in [2.05, 4.69) is 9.71 Å². The van der Waals surface area contributed by atoms with E-state index in [9.17, 15) is 9.18 Å². The molecule has 5 nitrogen and oxygen atoms in total. The number of benzene rings is 1. The zero-order valence-corrected chi connectivity index (χ0v) is 12.7. The summed E-state index contributed by atoms with van der Waals surface area (Å²) in [5.41, 5.74) is 1.44. The predicted molar refractivity (Wildman–Crippen MR) is 81.9 cm³/mol. The van der Waals surface area contributed by atoms with Crippen LogP contribution in [0.15, 0.2) is 30.5 Å². The van der Waals surface area contributed by atoms with Crippen molar-refractivity contribution < 1.29 is 13.9 Å². The van der Waals surface area contributed by atoms with Crippen LogP contribution >= 0.6 is 11.9 Å². The number of hydrogen-bond donors (Lipinski definition) is 1. The van der Waals surface area contributed by atoms with Gasteiger partial charge in [0.05, 0.1) is 7.11 Å². The van der Waals surface area contributed by atoms with Gasteiger partial charge in [0.2, 0.25) is 5.95 Å². The molecule has 7 heteroatoms. The lowest BCUT2D eigenvalue weighted by atomic mass is 10.0. The predicted octanol–water partition coefficient (Wildman–Crippen LogP) is 2.78. The Morgan fingerprint density at radius 3 is 2.86 bits per heavy atom. The highest BCUT2D eigenvalue weighted by atomic mass is 32.2. The van der Waals surface area contributed by atoms with Crippen molar-refractivity contribution in [2.24, 2.45) is 0 Å². The lowest BCUT2D eigenvalue weighted by Crippen LogP contribution is -2.15. The summed E-state index contributed by atoms with van der Waals surface area (Å²) in [4.78, 5) is 15.4. The average molecular weight is 317 g/mol. The Hall–Kier alpha value is -2.59. The van der Waals surface area contributed by atoms with Crippen LogP contribution in [0.3, 0.4) is 0 Å². The molecule has 0 spiro atoms. The summed E-state index contributed by atoms with van der Waals surface area (Å²) in [6.07, 6.45) is 3.06. The van der Waals surface area contributed by atoms with E-state index in [-0.39, 0.29) is 11.5 Å². The number of amides is 1. The van der Waals surface area contributed by atoms with E-state index in [4.69, 9.17) is 10.00 Å². The zero-order chi connectivity index (χ0) is 16.1. The van der Waals surface area contributed by atoms with Crippen molar-refractivity contribution in [1.29, 1.82) is 5.26 Å². The number of nitrogens with one attached hydrogen (secondary N) is 1. The van der Waals surface area contributed by atoms with Gasteiger partial charge in [0.1, 0.15) is 17.4 Å². The minimum atomic E-state index is -0.818. The normalized spacial score (nSPS) is 9.91. The third kappa shape index (κ3) is 3.18. The number of pyridine rings is 1. The summed E-state index contributed by atoms with van der Waals surface area (Å²) in [5, 5.41) is 8.88. The van der Waals surface area contributed by atoms with Gasteiger partial charge >= 0.3 is 0 Å². The third-order valence-corrected chi connectivity index (χ3v) is 3.32. The minimum Gasteiger partial charge on any atom is -0.496 e. The molecule has 0 aliphatic carbocycles. The monoisotopic (exact) mass is 317 g/mol. The van der Waals surface area contributed by atoms with Crippen molar-refractivity contribution in [2.75, 3.05) is 13.4 Å². The average Bonchev–Trinajstić information content (AvgIpc) is 2.55. The second-order valence-corrected chi connectivity index (χ2v) is 4.84. The molecule has 1 heterocycles. The van der Waals surface area contributed by atoms with E-state index in [0.717, 1.165) is 0 Å². The first-order valence-electron chi connectivity index (χ1n) is 6.18. The van der Waals surface area contributed by atoms with Gasteiger partial charge in [-0.3, -0.25) is 9.52 Å². The van der Waals surface area contributed by atoms with Crippen LogP contribution in [0.1, 0.15) is 15.9 Å². The molecule has 112 valence electrons. The quantitative estimate of drug-likeness (QED) is 0.693.